The molecule has 92 valence electrons. The summed E-state index contributed by atoms with van der Waals surface area (Å²) in [5.41, 5.74) is 2.80. The third-order valence-electron chi connectivity index (χ3n) is 4.95. The lowest BCUT2D eigenvalue weighted by Crippen LogP contribution is -2.30. The Morgan fingerprint density at radius 1 is 1.19 bits per heavy atom. The highest BCUT2D eigenvalue weighted by molar-refractivity contribution is 5.23. The predicted octanol–water partition coefficient (Wildman–Crippen LogP) is 3.92. The molecule has 1 heteroatoms. The van der Waals surface area contributed by atoms with Crippen molar-refractivity contribution in [1.29, 1.82) is 0 Å². The van der Waals surface area contributed by atoms with E-state index in [0.29, 0.717) is 5.92 Å². The van der Waals surface area contributed by atoms with Gasteiger partial charge in [-0.25, -0.2) is 0 Å². The van der Waals surface area contributed by atoms with Crippen molar-refractivity contribution >= 4 is 0 Å². The van der Waals surface area contributed by atoms with Gasteiger partial charge in [-0.2, -0.15) is 0 Å². The van der Waals surface area contributed by atoms with Gasteiger partial charge in [0, 0.05) is 0 Å². The summed E-state index contributed by atoms with van der Waals surface area (Å²) >= 11 is 0. The zero-order valence-electron chi connectivity index (χ0n) is 11.2. The van der Waals surface area contributed by atoms with Crippen molar-refractivity contribution in [1.82, 2.24) is 0 Å². The summed E-state index contributed by atoms with van der Waals surface area (Å²) in [4.78, 5) is 0. The second-order valence-corrected chi connectivity index (χ2v) is 6.56. The van der Waals surface area contributed by atoms with Gasteiger partial charge in [-0.1, -0.05) is 18.1 Å². The topological polar surface area (TPSA) is 20.2 Å². The van der Waals surface area contributed by atoms with Crippen LogP contribution in [0.2, 0.25) is 0 Å². The van der Waals surface area contributed by atoms with Crippen LogP contribution in [0, 0.1) is 17.8 Å². The molecule has 0 heterocycles. The Bertz CT molecular complexity index is 295. The van der Waals surface area contributed by atoms with E-state index in [2.05, 4.69) is 13.8 Å². The molecule has 1 N–H and O–H groups in total. The molecule has 0 spiro atoms. The highest BCUT2D eigenvalue weighted by atomic mass is 16.3. The molecule has 0 amide bonds. The van der Waals surface area contributed by atoms with Crippen LogP contribution >= 0.6 is 0 Å². The number of fused-ring (bicyclic) bond motifs is 1. The second kappa shape index (κ2) is 4.18. The zero-order chi connectivity index (χ0) is 11.9. The maximum atomic E-state index is 10.2. The number of rotatable bonds is 1. The average molecular weight is 222 g/mol. The lowest BCUT2D eigenvalue weighted by atomic mass is 9.82. The smallest absolute Gasteiger partial charge is 0.0622 e. The maximum Gasteiger partial charge on any atom is 0.0622 e. The van der Waals surface area contributed by atoms with E-state index in [0.717, 1.165) is 18.3 Å². The second-order valence-electron chi connectivity index (χ2n) is 6.56. The molecule has 0 aromatic carbocycles. The van der Waals surface area contributed by atoms with Crippen LogP contribution in [0.5, 0.6) is 0 Å². The van der Waals surface area contributed by atoms with E-state index in [-0.39, 0.29) is 0 Å². The molecule has 1 nitrogen and oxygen atoms in total. The van der Waals surface area contributed by atoms with Gasteiger partial charge in [-0.15, -0.1) is 0 Å². The number of aliphatic hydroxyl groups is 1. The van der Waals surface area contributed by atoms with Crippen molar-refractivity contribution in [3.05, 3.63) is 11.1 Å². The summed E-state index contributed by atoms with van der Waals surface area (Å²) < 4.78 is 0. The third-order valence-corrected chi connectivity index (χ3v) is 4.95. The van der Waals surface area contributed by atoms with Gasteiger partial charge >= 0.3 is 0 Å². The van der Waals surface area contributed by atoms with Crippen molar-refractivity contribution in [3.63, 3.8) is 0 Å². The molecule has 0 unspecified atom stereocenters. The van der Waals surface area contributed by atoms with E-state index >= 15 is 0 Å². The first kappa shape index (κ1) is 12.2. The minimum absolute atomic E-state index is 0.461. The van der Waals surface area contributed by atoms with Crippen molar-refractivity contribution < 1.29 is 5.11 Å². The first-order valence-corrected chi connectivity index (χ1v) is 6.80. The molecule has 1 fully saturated rings. The van der Waals surface area contributed by atoms with Gasteiger partial charge in [0.05, 0.1) is 5.60 Å². The first-order valence-electron chi connectivity index (χ1n) is 6.80. The fourth-order valence-corrected chi connectivity index (χ4v) is 3.61. The van der Waals surface area contributed by atoms with Gasteiger partial charge in [0.1, 0.15) is 0 Å². The van der Waals surface area contributed by atoms with Crippen LogP contribution in [0.15, 0.2) is 11.1 Å². The fraction of sp³-hybridized carbons (Fsp3) is 0.867. The van der Waals surface area contributed by atoms with Crippen molar-refractivity contribution in [3.8, 4) is 0 Å². The number of allylic oxidation sites excluding steroid dienone is 2. The molecule has 0 radical (unpaired) electrons. The van der Waals surface area contributed by atoms with Crippen LogP contribution in [0.25, 0.3) is 0 Å². The standard InChI is InChI=1S/C15H26O/c1-10-5-7-12(15(3,4)16)9-14-11(2)6-8-13(10)14/h10,12-13,16H,5-9H2,1-4H3/t10-,12+,13-/m0/s1. The fourth-order valence-electron chi connectivity index (χ4n) is 3.61. The summed E-state index contributed by atoms with van der Waals surface area (Å²) in [5, 5.41) is 10.2. The quantitative estimate of drug-likeness (QED) is 0.667. The molecule has 3 atom stereocenters. The molecule has 2 aliphatic carbocycles. The SMILES string of the molecule is CC1=C2C[C@H](C(C)(C)O)CC[C@H](C)[C@@H]2CC1. The highest BCUT2D eigenvalue weighted by Crippen LogP contribution is 2.46. The molecular weight excluding hydrogens is 196 g/mol. The van der Waals surface area contributed by atoms with Crippen molar-refractivity contribution in [2.75, 3.05) is 0 Å². The van der Waals surface area contributed by atoms with Gasteiger partial charge in [0.15, 0.2) is 0 Å². The van der Waals surface area contributed by atoms with Gasteiger partial charge in [0.25, 0.3) is 0 Å². The first-order chi connectivity index (χ1) is 7.39. The molecular formula is C15H26O. The molecule has 16 heavy (non-hydrogen) atoms. The molecule has 0 saturated heterocycles. The van der Waals surface area contributed by atoms with Gasteiger partial charge in [-0.05, 0) is 70.6 Å². The third kappa shape index (κ3) is 2.20. The van der Waals surface area contributed by atoms with E-state index in [1.165, 1.54) is 25.7 Å². The van der Waals surface area contributed by atoms with Crippen LogP contribution in [-0.4, -0.2) is 10.7 Å². The summed E-state index contributed by atoms with van der Waals surface area (Å²) in [6.07, 6.45) is 6.28. The van der Waals surface area contributed by atoms with Crippen LogP contribution in [0.1, 0.15) is 59.8 Å². The number of hydrogen-bond acceptors (Lipinski definition) is 1. The van der Waals surface area contributed by atoms with Crippen LogP contribution in [-0.2, 0) is 0 Å². The Labute approximate surface area is 99.9 Å². The summed E-state index contributed by atoms with van der Waals surface area (Å²) in [6, 6.07) is 0. The maximum absolute atomic E-state index is 10.2. The molecule has 0 bridgehead atoms. The Balaban J connectivity index is 2.23. The number of hydrogen-bond donors (Lipinski definition) is 1. The van der Waals surface area contributed by atoms with Crippen LogP contribution < -0.4 is 0 Å². The monoisotopic (exact) mass is 222 g/mol. The predicted molar refractivity (Wildman–Crippen MR) is 68.2 cm³/mol. The Kier molecular flexibility index (Phi) is 3.18. The van der Waals surface area contributed by atoms with E-state index in [4.69, 9.17) is 0 Å². The van der Waals surface area contributed by atoms with Crippen LogP contribution in [0.3, 0.4) is 0 Å². The zero-order valence-corrected chi connectivity index (χ0v) is 11.2. The highest BCUT2D eigenvalue weighted by Gasteiger charge is 2.37. The molecule has 0 aliphatic heterocycles. The van der Waals surface area contributed by atoms with E-state index in [9.17, 15) is 5.11 Å². The average Bonchev–Trinajstić information content (AvgIpc) is 2.42. The minimum Gasteiger partial charge on any atom is -0.390 e. The molecule has 2 aliphatic rings. The normalized spacial score (nSPS) is 36.2. The van der Waals surface area contributed by atoms with E-state index in [1.807, 2.05) is 13.8 Å². The molecule has 2 rings (SSSR count). The van der Waals surface area contributed by atoms with Gasteiger partial charge < -0.3 is 5.11 Å². The van der Waals surface area contributed by atoms with Crippen molar-refractivity contribution in [2.45, 2.75) is 65.4 Å². The lowest BCUT2D eigenvalue weighted by Gasteiger charge is -2.29. The molecule has 0 aromatic rings. The summed E-state index contributed by atoms with van der Waals surface area (Å²) in [7, 11) is 0. The van der Waals surface area contributed by atoms with E-state index in [1.54, 1.807) is 11.1 Å². The van der Waals surface area contributed by atoms with Crippen molar-refractivity contribution in [2.24, 2.45) is 17.8 Å². The Morgan fingerprint density at radius 2 is 1.88 bits per heavy atom. The largest absolute Gasteiger partial charge is 0.390 e. The lowest BCUT2D eigenvalue weighted by molar-refractivity contribution is 0.0133. The summed E-state index contributed by atoms with van der Waals surface area (Å²) in [6.45, 7) is 8.66. The Hall–Kier alpha value is -0.300. The minimum atomic E-state index is -0.509. The van der Waals surface area contributed by atoms with Crippen LogP contribution in [0.4, 0.5) is 0 Å². The van der Waals surface area contributed by atoms with E-state index < -0.39 is 5.60 Å². The summed E-state index contributed by atoms with van der Waals surface area (Å²) in [5.74, 6) is 2.11. The Morgan fingerprint density at radius 3 is 2.50 bits per heavy atom. The molecule has 0 aromatic heterocycles. The van der Waals surface area contributed by atoms with Gasteiger partial charge in [0.2, 0.25) is 0 Å². The molecule has 1 saturated carbocycles. The van der Waals surface area contributed by atoms with Gasteiger partial charge in [-0.3, -0.25) is 0 Å².